The molecular weight excluding hydrogens is 277 g/mol. The predicted molar refractivity (Wildman–Crippen MR) is 73.2 cm³/mol. The maximum atomic E-state index is 13.1. The molecule has 0 unspecified atom stereocenters. The molecule has 0 aliphatic heterocycles. The Balaban J connectivity index is 2.35. The van der Waals surface area contributed by atoms with E-state index in [4.69, 9.17) is 15.8 Å². The number of anilines is 3. The minimum atomic E-state index is -0.507. The molecule has 0 spiro atoms. The summed E-state index contributed by atoms with van der Waals surface area (Å²) >= 11 is 0. The van der Waals surface area contributed by atoms with Crippen LogP contribution in [0.1, 0.15) is 12.5 Å². The number of nitrogens with two attached hydrogens (primary N) is 1. The predicted octanol–water partition coefficient (Wildman–Crippen LogP) is 1.31. The van der Waals surface area contributed by atoms with E-state index in [1.165, 1.54) is 12.1 Å². The van der Waals surface area contributed by atoms with Crippen LogP contribution in [0.5, 0.6) is 6.01 Å². The van der Waals surface area contributed by atoms with Crippen molar-refractivity contribution in [1.82, 2.24) is 15.0 Å². The number of nitrogens with one attached hydrogen (secondary N) is 2. The van der Waals surface area contributed by atoms with E-state index in [0.29, 0.717) is 12.3 Å². The highest BCUT2D eigenvalue weighted by Crippen LogP contribution is 2.20. The van der Waals surface area contributed by atoms with Crippen LogP contribution >= 0.6 is 0 Å². The van der Waals surface area contributed by atoms with Crippen molar-refractivity contribution >= 4 is 17.6 Å². The summed E-state index contributed by atoms with van der Waals surface area (Å²) in [7, 11) is 0. The number of nitriles is 1. The topological polar surface area (TPSA) is 122 Å². The first-order valence-corrected chi connectivity index (χ1v) is 5.98. The normalized spacial score (nSPS) is 9.81. The molecule has 0 saturated carbocycles. The Morgan fingerprint density at radius 3 is 2.76 bits per heavy atom. The average molecular weight is 289 g/mol. The molecule has 1 aromatic carbocycles. The van der Waals surface area contributed by atoms with E-state index in [0.717, 1.165) is 6.07 Å². The van der Waals surface area contributed by atoms with Crippen molar-refractivity contribution in [2.24, 2.45) is 5.84 Å². The molecule has 8 nitrogen and oxygen atoms in total. The summed E-state index contributed by atoms with van der Waals surface area (Å²) in [6.07, 6.45) is 0. The Bertz CT molecular complexity index is 686. The number of ether oxygens (including phenoxy) is 1. The van der Waals surface area contributed by atoms with Crippen LogP contribution in [0.15, 0.2) is 18.2 Å². The molecule has 9 heteroatoms. The summed E-state index contributed by atoms with van der Waals surface area (Å²) in [5, 5.41) is 11.8. The van der Waals surface area contributed by atoms with Gasteiger partial charge in [-0.25, -0.2) is 10.2 Å². The van der Waals surface area contributed by atoms with Gasteiger partial charge >= 0.3 is 6.01 Å². The zero-order chi connectivity index (χ0) is 15.2. The van der Waals surface area contributed by atoms with Gasteiger partial charge in [-0.05, 0) is 25.1 Å². The second-order valence-electron chi connectivity index (χ2n) is 3.77. The van der Waals surface area contributed by atoms with Gasteiger partial charge in [0.05, 0.1) is 17.9 Å². The summed E-state index contributed by atoms with van der Waals surface area (Å²) in [5.41, 5.74) is 2.76. The van der Waals surface area contributed by atoms with Crippen LogP contribution in [0, 0.1) is 17.1 Å². The highest BCUT2D eigenvalue weighted by atomic mass is 19.1. The van der Waals surface area contributed by atoms with Gasteiger partial charge in [0, 0.05) is 0 Å². The summed E-state index contributed by atoms with van der Waals surface area (Å²) in [4.78, 5) is 11.9. The zero-order valence-electron chi connectivity index (χ0n) is 11.1. The molecule has 0 fully saturated rings. The van der Waals surface area contributed by atoms with Gasteiger partial charge in [-0.1, -0.05) is 0 Å². The molecule has 0 radical (unpaired) electrons. The highest BCUT2D eigenvalue weighted by molar-refractivity contribution is 5.63. The van der Waals surface area contributed by atoms with Crippen LogP contribution in [0.2, 0.25) is 0 Å². The first kappa shape index (κ1) is 14.4. The fourth-order valence-corrected chi connectivity index (χ4v) is 1.51. The number of nitrogen functional groups attached to an aromatic ring is 1. The Morgan fingerprint density at radius 1 is 1.33 bits per heavy atom. The van der Waals surface area contributed by atoms with Gasteiger partial charge in [-0.15, -0.1) is 0 Å². The van der Waals surface area contributed by atoms with Crippen LogP contribution < -0.4 is 21.3 Å². The molecule has 1 heterocycles. The molecule has 4 N–H and O–H groups in total. The van der Waals surface area contributed by atoms with Crippen molar-refractivity contribution in [1.29, 1.82) is 5.26 Å². The van der Waals surface area contributed by atoms with Gasteiger partial charge in [-0.3, -0.25) is 5.43 Å². The smallest absolute Gasteiger partial charge is 0.323 e. The summed E-state index contributed by atoms with van der Waals surface area (Å²) in [6, 6.07) is 5.69. The van der Waals surface area contributed by atoms with E-state index in [2.05, 4.69) is 25.7 Å². The van der Waals surface area contributed by atoms with Crippen molar-refractivity contribution in [3.8, 4) is 12.1 Å². The van der Waals surface area contributed by atoms with Gasteiger partial charge in [-0.2, -0.15) is 20.2 Å². The largest absolute Gasteiger partial charge is 0.464 e. The Kier molecular flexibility index (Phi) is 4.43. The molecule has 0 atom stereocenters. The molecule has 2 rings (SSSR count). The van der Waals surface area contributed by atoms with Gasteiger partial charge < -0.3 is 10.1 Å². The van der Waals surface area contributed by atoms with Crippen molar-refractivity contribution in [2.45, 2.75) is 6.92 Å². The van der Waals surface area contributed by atoms with Crippen molar-refractivity contribution in [3.63, 3.8) is 0 Å². The fourth-order valence-electron chi connectivity index (χ4n) is 1.51. The van der Waals surface area contributed by atoms with E-state index in [1.807, 2.05) is 6.07 Å². The second-order valence-corrected chi connectivity index (χ2v) is 3.77. The Labute approximate surface area is 119 Å². The third kappa shape index (κ3) is 3.52. The van der Waals surface area contributed by atoms with E-state index in [1.54, 1.807) is 6.92 Å². The third-order valence-corrected chi connectivity index (χ3v) is 2.37. The van der Waals surface area contributed by atoms with Crippen molar-refractivity contribution in [3.05, 3.63) is 29.6 Å². The lowest BCUT2D eigenvalue weighted by Gasteiger charge is -2.09. The standard InChI is InChI=1S/C12H12FN7O/c1-2-21-12-18-10(17-11(19-12)20-15)16-9-4-3-8(13)5-7(9)6-14/h3-5H,2,15H2,1H3,(H2,16,17,18,19,20). The van der Waals surface area contributed by atoms with E-state index < -0.39 is 5.82 Å². The molecule has 0 aliphatic carbocycles. The molecule has 108 valence electrons. The number of hydrogen-bond donors (Lipinski definition) is 3. The van der Waals surface area contributed by atoms with Crippen LogP contribution in [0.3, 0.4) is 0 Å². The van der Waals surface area contributed by atoms with E-state index >= 15 is 0 Å². The van der Waals surface area contributed by atoms with E-state index in [9.17, 15) is 4.39 Å². The summed E-state index contributed by atoms with van der Waals surface area (Å²) < 4.78 is 18.3. The first-order valence-electron chi connectivity index (χ1n) is 5.98. The van der Waals surface area contributed by atoms with Crippen LogP contribution in [-0.2, 0) is 0 Å². The number of benzene rings is 1. The number of hydrogen-bond acceptors (Lipinski definition) is 8. The summed E-state index contributed by atoms with van der Waals surface area (Å²) in [5.74, 6) is 4.97. The average Bonchev–Trinajstić information content (AvgIpc) is 2.49. The molecule has 0 aliphatic rings. The fraction of sp³-hybridized carbons (Fsp3) is 0.167. The number of nitrogens with zero attached hydrogens (tertiary/aromatic N) is 4. The van der Waals surface area contributed by atoms with Gasteiger partial charge in [0.2, 0.25) is 11.9 Å². The molecule has 0 amide bonds. The lowest BCUT2D eigenvalue weighted by atomic mass is 10.2. The second kappa shape index (κ2) is 6.44. The van der Waals surface area contributed by atoms with Crippen molar-refractivity contribution < 1.29 is 9.13 Å². The minimum Gasteiger partial charge on any atom is -0.464 e. The molecular formula is C12H12FN7O. The van der Waals surface area contributed by atoms with Gasteiger partial charge in [0.1, 0.15) is 11.9 Å². The first-order chi connectivity index (χ1) is 10.2. The number of rotatable bonds is 5. The zero-order valence-corrected chi connectivity index (χ0v) is 11.1. The highest BCUT2D eigenvalue weighted by Gasteiger charge is 2.09. The third-order valence-electron chi connectivity index (χ3n) is 2.37. The number of hydrazine groups is 1. The number of halogens is 1. The monoisotopic (exact) mass is 289 g/mol. The minimum absolute atomic E-state index is 0.0727. The van der Waals surface area contributed by atoms with Gasteiger partial charge in [0.15, 0.2) is 0 Å². The van der Waals surface area contributed by atoms with Crippen molar-refractivity contribution in [2.75, 3.05) is 17.3 Å². The Hall–Kier alpha value is -2.99. The van der Waals surface area contributed by atoms with Crippen LogP contribution in [-0.4, -0.2) is 21.6 Å². The molecule has 0 saturated heterocycles. The summed E-state index contributed by atoms with van der Waals surface area (Å²) in [6.45, 7) is 2.15. The van der Waals surface area contributed by atoms with Crippen LogP contribution in [0.4, 0.5) is 22.0 Å². The SMILES string of the molecule is CCOc1nc(NN)nc(Nc2ccc(F)cc2C#N)n1. The van der Waals surface area contributed by atoms with Crippen LogP contribution in [0.25, 0.3) is 0 Å². The maximum absolute atomic E-state index is 13.1. The molecule has 21 heavy (non-hydrogen) atoms. The maximum Gasteiger partial charge on any atom is 0.323 e. The quantitative estimate of drug-likeness (QED) is 0.556. The molecule has 2 aromatic rings. The number of aromatic nitrogens is 3. The molecule has 0 bridgehead atoms. The lowest BCUT2D eigenvalue weighted by Crippen LogP contribution is -2.13. The Morgan fingerprint density at radius 2 is 2.10 bits per heavy atom. The lowest BCUT2D eigenvalue weighted by molar-refractivity contribution is 0.312. The molecule has 1 aromatic heterocycles. The van der Waals surface area contributed by atoms with E-state index in [-0.39, 0.29) is 23.5 Å². The van der Waals surface area contributed by atoms with Gasteiger partial charge in [0.25, 0.3) is 0 Å².